The predicted molar refractivity (Wildman–Crippen MR) is 71.1 cm³/mol. The van der Waals surface area contributed by atoms with Crippen LogP contribution in [0.4, 0.5) is 13.2 Å². The molecule has 2 saturated carbocycles. The lowest BCUT2D eigenvalue weighted by molar-refractivity contribution is -0.162. The van der Waals surface area contributed by atoms with Gasteiger partial charge in [-0.2, -0.15) is 13.2 Å². The number of amides is 1. The van der Waals surface area contributed by atoms with Crippen LogP contribution in [-0.2, 0) is 4.79 Å². The Kier molecular flexibility index (Phi) is 4.97. The van der Waals surface area contributed by atoms with Gasteiger partial charge in [0.2, 0.25) is 5.91 Å². The Bertz CT molecular complexity index is 343. The molecule has 0 spiro atoms. The first kappa shape index (κ1) is 15.6. The van der Waals surface area contributed by atoms with Crippen molar-refractivity contribution in [2.75, 3.05) is 13.1 Å². The van der Waals surface area contributed by atoms with Gasteiger partial charge in [0, 0.05) is 13.0 Å². The number of nitrogens with zero attached hydrogens (tertiary/aromatic N) is 1. The maximum atomic E-state index is 12.6. The summed E-state index contributed by atoms with van der Waals surface area (Å²) in [4.78, 5) is 13.2. The van der Waals surface area contributed by atoms with Gasteiger partial charge >= 0.3 is 6.18 Å². The lowest BCUT2D eigenvalue weighted by Gasteiger charge is -2.27. The Hall–Kier alpha value is -0.740. The van der Waals surface area contributed by atoms with Gasteiger partial charge in [-0.1, -0.05) is 19.8 Å². The summed E-state index contributed by atoms with van der Waals surface area (Å²) in [6.07, 6.45) is 2.11. The molecule has 0 aromatic rings. The van der Waals surface area contributed by atoms with E-state index in [4.69, 9.17) is 0 Å². The van der Waals surface area contributed by atoms with Crippen LogP contribution in [0.15, 0.2) is 0 Å². The molecule has 0 heterocycles. The van der Waals surface area contributed by atoms with Crippen LogP contribution in [0.1, 0.15) is 51.9 Å². The fourth-order valence-corrected chi connectivity index (χ4v) is 3.84. The van der Waals surface area contributed by atoms with Crippen LogP contribution in [-0.4, -0.2) is 30.1 Å². The summed E-state index contributed by atoms with van der Waals surface area (Å²) in [5, 5.41) is 0. The van der Waals surface area contributed by atoms with Gasteiger partial charge in [-0.05, 0) is 43.4 Å². The average Bonchev–Trinajstić information content (AvgIpc) is 2.95. The van der Waals surface area contributed by atoms with Gasteiger partial charge < -0.3 is 4.90 Å². The van der Waals surface area contributed by atoms with Crippen molar-refractivity contribution in [1.82, 2.24) is 4.90 Å². The Morgan fingerprint density at radius 1 is 1.25 bits per heavy atom. The second kappa shape index (κ2) is 6.35. The normalized spacial score (nSPS) is 28.9. The monoisotopic (exact) mass is 291 g/mol. The highest BCUT2D eigenvalue weighted by Gasteiger charge is 2.41. The molecule has 2 bridgehead atoms. The summed E-state index contributed by atoms with van der Waals surface area (Å²) in [6, 6.07) is 0. The molecule has 5 heteroatoms. The largest absolute Gasteiger partial charge is 0.406 e. The third-order valence-corrected chi connectivity index (χ3v) is 4.83. The highest BCUT2D eigenvalue weighted by Crippen LogP contribution is 2.49. The molecular formula is C15H24F3NO. The van der Waals surface area contributed by atoms with Crippen molar-refractivity contribution in [2.24, 2.45) is 17.8 Å². The van der Waals surface area contributed by atoms with Gasteiger partial charge in [0.15, 0.2) is 0 Å². The second-order valence-corrected chi connectivity index (χ2v) is 6.42. The molecule has 2 rings (SSSR count). The number of fused-ring (bicyclic) bond motifs is 2. The minimum Gasteiger partial charge on any atom is -0.334 e. The van der Waals surface area contributed by atoms with Gasteiger partial charge in [-0.3, -0.25) is 4.79 Å². The van der Waals surface area contributed by atoms with E-state index in [1.165, 1.54) is 12.8 Å². The summed E-state index contributed by atoms with van der Waals surface area (Å²) in [5.41, 5.74) is 0. The van der Waals surface area contributed by atoms with E-state index in [-0.39, 0.29) is 12.5 Å². The van der Waals surface area contributed by atoms with E-state index in [0.717, 1.165) is 30.1 Å². The SMILES string of the molecule is CCCCN(CC(F)(F)F)C(=O)CC1CC2CCC1C2. The van der Waals surface area contributed by atoms with Crippen LogP contribution >= 0.6 is 0 Å². The number of carbonyl (C=O) groups is 1. The predicted octanol–water partition coefficient (Wildman–Crippen LogP) is 4.00. The molecule has 0 radical (unpaired) electrons. The summed E-state index contributed by atoms with van der Waals surface area (Å²) in [5.74, 6) is 1.35. The summed E-state index contributed by atoms with van der Waals surface area (Å²) < 4.78 is 37.7. The molecule has 0 N–H and O–H groups in total. The number of carbonyl (C=O) groups excluding carboxylic acids is 1. The first-order valence-electron chi connectivity index (χ1n) is 7.73. The van der Waals surface area contributed by atoms with E-state index >= 15 is 0 Å². The molecule has 3 unspecified atom stereocenters. The van der Waals surface area contributed by atoms with Gasteiger partial charge in [0.1, 0.15) is 6.54 Å². The van der Waals surface area contributed by atoms with Crippen LogP contribution in [0.25, 0.3) is 0 Å². The molecule has 3 atom stereocenters. The smallest absolute Gasteiger partial charge is 0.334 e. The molecule has 2 aliphatic rings. The van der Waals surface area contributed by atoms with Gasteiger partial charge in [0.05, 0.1) is 0 Å². The van der Waals surface area contributed by atoms with Crippen LogP contribution in [0.3, 0.4) is 0 Å². The number of alkyl halides is 3. The molecule has 0 aromatic heterocycles. The first-order chi connectivity index (χ1) is 9.39. The van der Waals surface area contributed by atoms with Crippen molar-refractivity contribution in [3.05, 3.63) is 0 Å². The zero-order valence-corrected chi connectivity index (χ0v) is 12.1. The van der Waals surface area contributed by atoms with Crippen molar-refractivity contribution in [3.8, 4) is 0 Å². The Morgan fingerprint density at radius 3 is 2.50 bits per heavy atom. The molecule has 20 heavy (non-hydrogen) atoms. The molecule has 0 aliphatic heterocycles. The molecule has 116 valence electrons. The molecular weight excluding hydrogens is 267 g/mol. The molecule has 2 nitrogen and oxygen atoms in total. The number of halogens is 3. The number of rotatable bonds is 6. The molecule has 2 aliphatic carbocycles. The Labute approximate surface area is 118 Å². The fraction of sp³-hybridized carbons (Fsp3) is 0.933. The van der Waals surface area contributed by atoms with E-state index < -0.39 is 12.7 Å². The second-order valence-electron chi connectivity index (χ2n) is 6.42. The van der Waals surface area contributed by atoms with Crippen molar-refractivity contribution < 1.29 is 18.0 Å². The number of hydrogen-bond donors (Lipinski definition) is 0. The molecule has 0 aromatic carbocycles. The fourth-order valence-electron chi connectivity index (χ4n) is 3.84. The summed E-state index contributed by atoms with van der Waals surface area (Å²) in [6.45, 7) is 1.06. The van der Waals surface area contributed by atoms with Crippen LogP contribution in [0.2, 0.25) is 0 Å². The number of hydrogen-bond acceptors (Lipinski definition) is 1. The topological polar surface area (TPSA) is 20.3 Å². The van der Waals surface area contributed by atoms with Gasteiger partial charge in [-0.25, -0.2) is 0 Å². The van der Waals surface area contributed by atoms with Crippen molar-refractivity contribution in [1.29, 1.82) is 0 Å². The quantitative estimate of drug-likeness (QED) is 0.724. The lowest BCUT2D eigenvalue weighted by Crippen LogP contribution is -2.40. The highest BCUT2D eigenvalue weighted by atomic mass is 19.4. The van der Waals surface area contributed by atoms with Gasteiger partial charge in [0.25, 0.3) is 0 Å². The van der Waals surface area contributed by atoms with E-state index in [0.29, 0.717) is 24.7 Å². The average molecular weight is 291 g/mol. The zero-order chi connectivity index (χ0) is 14.8. The van der Waals surface area contributed by atoms with Crippen molar-refractivity contribution in [2.45, 2.75) is 58.0 Å². The lowest BCUT2D eigenvalue weighted by atomic mass is 9.86. The van der Waals surface area contributed by atoms with E-state index in [2.05, 4.69) is 0 Å². The molecule has 1 amide bonds. The molecule has 0 saturated heterocycles. The number of unbranched alkanes of at least 4 members (excludes halogenated alkanes) is 1. The first-order valence-corrected chi connectivity index (χ1v) is 7.73. The van der Waals surface area contributed by atoms with Crippen LogP contribution in [0, 0.1) is 17.8 Å². The third kappa shape index (κ3) is 4.13. The maximum absolute atomic E-state index is 12.6. The van der Waals surface area contributed by atoms with Crippen LogP contribution in [0.5, 0.6) is 0 Å². The zero-order valence-electron chi connectivity index (χ0n) is 12.1. The minimum absolute atomic E-state index is 0.232. The van der Waals surface area contributed by atoms with E-state index in [1.54, 1.807) is 0 Å². The molecule has 2 fully saturated rings. The standard InChI is InChI=1S/C15H24F3NO/c1-2-3-6-19(10-15(16,17)18)14(20)9-13-8-11-4-5-12(13)7-11/h11-13H,2-10H2,1H3. The van der Waals surface area contributed by atoms with E-state index in [1.807, 2.05) is 6.92 Å². The van der Waals surface area contributed by atoms with E-state index in [9.17, 15) is 18.0 Å². The highest BCUT2D eigenvalue weighted by molar-refractivity contribution is 5.76. The van der Waals surface area contributed by atoms with Crippen molar-refractivity contribution >= 4 is 5.91 Å². The maximum Gasteiger partial charge on any atom is 0.406 e. The summed E-state index contributed by atoms with van der Waals surface area (Å²) >= 11 is 0. The van der Waals surface area contributed by atoms with Crippen LogP contribution < -0.4 is 0 Å². The Morgan fingerprint density at radius 2 is 2.00 bits per heavy atom. The van der Waals surface area contributed by atoms with Gasteiger partial charge in [-0.15, -0.1) is 0 Å². The Balaban J connectivity index is 1.88. The third-order valence-electron chi connectivity index (χ3n) is 4.83. The van der Waals surface area contributed by atoms with Crippen molar-refractivity contribution in [3.63, 3.8) is 0 Å². The minimum atomic E-state index is -4.29. The summed E-state index contributed by atoms with van der Waals surface area (Å²) in [7, 11) is 0.